The van der Waals surface area contributed by atoms with Crippen LogP contribution >= 0.6 is 12.4 Å². The Labute approximate surface area is 112 Å². The number of nitrogens with two attached hydrogens (primary N) is 1. The van der Waals surface area contributed by atoms with Gasteiger partial charge in [-0.3, -0.25) is 9.59 Å². The van der Waals surface area contributed by atoms with Crippen LogP contribution in [0.3, 0.4) is 0 Å². The standard InChI is InChI=1S/C12H17N3O2.ClH/c1-15-7-9(4-5-11(15)16)12(17)14-6-10(13)8-2-3-8;/h4-5,7-8,10H,2-3,6,13H2,1H3,(H,14,17);1H. The van der Waals surface area contributed by atoms with Gasteiger partial charge in [-0.1, -0.05) is 0 Å². The van der Waals surface area contributed by atoms with E-state index in [0.717, 1.165) is 12.8 Å². The average Bonchev–Trinajstić information content (AvgIpc) is 3.13. The van der Waals surface area contributed by atoms with Crippen LogP contribution in [-0.4, -0.2) is 23.1 Å². The van der Waals surface area contributed by atoms with E-state index in [9.17, 15) is 9.59 Å². The Balaban J connectivity index is 0.00000162. The largest absolute Gasteiger partial charge is 0.350 e. The number of halogens is 1. The predicted molar refractivity (Wildman–Crippen MR) is 72.0 cm³/mol. The second kappa shape index (κ2) is 6.02. The van der Waals surface area contributed by atoms with Gasteiger partial charge >= 0.3 is 0 Å². The van der Waals surface area contributed by atoms with Crippen molar-refractivity contribution in [3.8, 4) is 0 Å². The minimum absolute atomic E-state index is 0. The maximum absolute atomic E-state index is 11.8. The summed E-state index contributed by atoms with van der Waals surface area (Å²) in [5, 5.41) is 2.79. The fourth-order valence-corrected chi connectivity index (χ4v) is 1.73. The normalized spacial score (nSPS) is 15.7. The van der Waals surface area contributed by atoms with E-state index in [1.165, 1.54) is 22.9 Å². The Kier molecular flexibility index (Phi) is 4.93. The van der Waals surface area contributed by atoms with E-state index in [-0.39, 0.29) is 29.9 Å². The van der Waals surface area contributed by atoms with Gasteiger partial charge in [0, 0.05) is 31.9 Å². The number of rotatable bonds is 4. The molecule has 1 unspecified atom stereocenters. The summed E-state index contributed by atoms with van der Waals surface area (Å²) >= 11 is 0. The van der Waals surface area contributed by atoms with E-state index in [4.69, 9.17) is 5.73 Å². The number of aromatic nitrogens is 1. The van der Waals surface area contributed by atoms with Gasteiger partial charge in [-0.15, -0.1) is 12.4 Å². The molecule has 0 spiro atoms. The topological polar surface area (TPSA) is 77.1 Å². The number of carbonyl (C=O) groups excluding carboxylic acids is 1. The third-order valence-electron chi connectivity index (χ3n) is 3.07. The van der Waals surface area contributed by atoms with Gasteiger partial charge in [-0.05, 0) is 24.8 Å². The van der Waals surface area contributed by atoms with E-state index in [0.29, 0.717) is 18.0 Å². The minimum atomic E-state index is -0.184. The highest BCUT2D eigenvalue weighted by molar-refractivity contribution is 5.93. The second-order valence-electron chi connectivity index (χ2n) is 4.58. The summed E-state index contributed by atoms with van der Waals surface area (Å²) in [5.74, 6) is 0.382. The number of amides is 1. The van der Waals surface area contributed by atoms with Gasteiger partial charge in [0.15, 0.2) is 0 Å². The second-order valence-corrected chi connectivity index (χ2v) is 4.58. The molecule has 1 amide bonds. The van der Waals surface area contributed by atoms with Crippen LogP contribution in [0.2, 0.25) is 0 Å². The van der Waals surface area contributed by atoms with Crippen LogP contribution in [0.15, 0.2) is 23.1 Å². The molecule has 5 nitrogen and oxygen atoms in total. The number of hydrogen-bond acceptors (Lipinski definition) is 3. The van der Waals surface area contributed by atoms with Crippen LogP contribution in [0.1, 0.15) is 23.2 Å². The van der Waals surface area contributed by atoms with Crippen LogP contribution in [-0.2, 0) is 7.05 Å². The molecule has 1 heterocycles. The van der Waals surface area contributed by atoms with Crippen LogP contribution in [0.25, 0.3) is 0 Å². The minimum Gasteiger partial charge on any atom is -0.350 e. The molecular formula is C12H18ClN3O2. The molecule has 6 heteroatoms. The van der Waals surface area contributed by atoms with Gasteiger partial charge in [0.25, 0.3) is 5.91 Å². The zero-order valence-corrected chi connectivity index (χ0v) is 11.1. The fraction of sp³-hybridized carbons (Fsp3) is 0.500. The fourth-order valence-electron chi connectivity index (χ4n) is 1.73. The molecule has 1 aliphatic carbocycles. The van der Waals surface area contributed by atoms with Gasteiger partial charge in [-0.2, -0.15) is 0 Å². The number of nitrogens with one attached hydrogen (secondary N) is 1. The zero-order valence-electron chi connectivity index (χ0n) is 10.3. The first-order valence-corrected chi connectivity index (χ1v) is 5.78. The van der Waals surface area contributed by atoms with E-state index >= 15 is 0 Å². The molecule has 1 aromatic heterocycles. The number of hydrogen-bond donors (Lipinski definition) is 2. The Bertz CT molecular complexity index is 482. The van der Waals surface area contributed by atoms with Crippen molar-refractivity contribution < 1.29 is 4.79 Å². The van der Waals surface area contributed by atoms with Crippen LogP contribution in [0, 0.1) is 5.92 Å². The molecule has 0 bridgehead atoms. The highest BCUT2D eigenvalue weighted by atomic mass is 35.5. The molecule has 0 radical (unpaired) electrons. The molecule has 1 saturated carbocycles. The molecule has 1 aromatic rings. The van der Waals surface area contributed by atoms with Crippen molar-refractivity contribution in [2.24, 2.45) is 18.7 Å². The molecule has 1 fully saturated rings. The first-order chi connectivity index (χ1) is 8.08. The van der Waals surface area contributed by atoms with Crippen molar-refractivity contribution in [1.82, 2.24) is 9.88 Å². The summed E-state index contributed by atoms with van der Waals surface area (Å²) in [4.78, 5) is 22.9. The maximum atomic E-state index is 11.8. The van der Waals surface area contributed by atoms with Crippen molar-refractivity contribution >= 4 is 18.3 Å². The van der Waals surface area contributed by atoms with Crippen molar-refractivity contribution in [3.05, 3.63) is 34.2 Å². The number of pyridine rings is 1. The molecular weight excluding hydrogens is 254 g/mol. The highest BCUT2D eigenvalue weighted by Gasteiger charge is 2.28. The Morgan fingerprint density at radius 2 is 2.22 bits per heavy atom. The summed E-state index contributed by atoms with van der Waals surface area (Å²) in [6, 6.07) is 2.96. The first-order valence-electron chi connectivity index (χ1n) is 5.78. The maximum Gasteiger partial charge on any atom is 0.252 e. The van der Waals surface area contributed by atoms with E-state index in [2.05, 4.69) is 5.32 Å². The first kappa shape index (κ1) is 14.7. The van der Waals surface area contributed by atoms with Gasteiger partial charge in [0.1, 0.15) is 0 Å². The summed E-state index contributed by atoms with van der Waals surface area (Å²) in [5.41, 5.74) is 6.24. The van der Waals surface area contributed by atoms with E-state index in [1.807, 2.05) is 0 Å². The Morgan fingerprint density at radius 1 is 1.56 bits per heavy atom. The molecule has 18 heavy (non-hydrogen) atoms. The number of aryl methyl sites for hydroxylation is 1. The molecule has 0 aliphatic heterocycles. The molecule has 1 aliphatic rings. The van der Waals surface area contributed by atoms with Crippen molar-refractivity contribution in [1.29, 1.82) is 0 Å². The Morgan fingerprint density at radius 3 is 2.78 bits per heavy atom. The van der Waals surface area contributed by atoms with Crippen LogP contribution in [0.4, 0.5) is 0 Å². The predicted octanol–water partition coefficient (Wildman–Crippen LogP) is 0.274. The van der Waals surface area contributed by atoms with E-state index in [1.54, 1.807) is 7.05 Å². The quantitative estimate of drug-likeness (QED) is 0.825. The molecule has 100 valence electrons. The lowest BCUT2D eigenvalue weighted by Gasteiger charge is -2.11. The third-order valence-corrected chi connectivity index (χ3v) is 3.07. The van der Waals surface area contributed by atoms with Crippen LogP contribution in [0.5, 0.6) is 0 Å². The van der Waals surface area contributed by atoms with Gasteiger partial charge in [-0.25, -0.2) is 0 Å². The highest BCUT2D eigenvalue weighted by Crippen LogP contribution is 2.31. The lowest BCUT2D eigenvalue weighted by Crippen LogP contribution is -2.38. The summed E-state index contributed by atoms with van der Waals surface area (Å²) < 4.78 is 1.38. The third kappa shape index (κ3) is 3.58. The van der Waals surface area contributed by atoms with E-state index < -0.39 is 0 Å². The molecule has 1 atom stereocenters. The molecule has 2 rings (SSSR count). The van der Waals surface area contributed by atoms with Gasteiger partial charge in [0.05, 0.1) is 5.56 Å². The summed E-state index contributed by atoms with van der Waals surface area (Å²) in [7, 11) is 1.62. The smallest absolute Gasteiger partial charge is 0.252 e. The molecule has 0 aromatic carbocycles. The molecule has 3 N–H and O–H groups in total. The lowest BCUT2D eigenvalue weighted by atomic mass is 10.2. The number of nitrogens with zero attached hydrogens (tertiary/aromatic N) is 1. The van der Waals surface area contributed by atoms with Crippen molar-refractivity contribution in [2.75, 3.05) is 6.54 Å². The number of carbonyl (C=O) groups is 1. The van der Waals surface area contributed by atoms with Gasteiger partial charge < -0.3 is 15.6 Å². The van der Waals surface area contributed by atoms with Crippen molar-refractivity contribution in [2.45, 2.75) is 18.9 Å². The van der Waals surface area contributed by atoms with Crippen molar-refractivity contribution in [3.63, 3.8) is 0 Å². The summed E-state index contributed by atoms with van der Waals surface area (Å²) in [6.07, 6.45) is 3.86. The zero-order chi connectivity index (χ0) is 12.4. The Hall–Kier alpha value is -1.33. The molecule has 0 saturated heterocycles. The monoisotopic (exact) mass is 271 g/mol. The summed E-state index contributed by atoms with van der Waals surface area (Å²) in [6.45, 7) is 0.492. The van der Waals surface area contributed by atoms with Crippen LogP contribution < -0.4 is 16.6 Å². The SMILES string of the molecule is Cl.Cn1cc(C(=O)NCC(N)C2CC2)ccc1=O. The van der Waals surface area contributed by atoms with Gasteiger partial charge in [0.2, 0.25) is 5.56 Å². The lowest BCUT2D eigenvalue weighted by molar-refractivity contribution is 0.0949. The average molecular weight is 272 g/mol.